The maximum absolute atomic E-state index is 13.3. The monoisotopic (exact) mass is 422 g/mol. The molecule has 0 radical (unpaired) electrons. The summed E-state index contributed by atoms with van der Waals surface area (Å²) >= 11 is 1.53. The molecule has 1 N–H and O–H groups in total. The average Bonchev–Trinajstić information content (AvgIpc) is 2.67. The molecule has 8 heteroatoms. The summed E-state index contributed by atoms with van der Waals surface area (Å²) in [5.41, 5.74) is 1.44. The molecule has 152 valence electrons. The molecule has 0 bridgehead atoms. The highest BCUT2D eigenvalue weighted by atomic mass is 32.2. The minimum absolute atomic E-state index is 0.142. The van der Waals surface area contributed by atoms with Crippen molar-refractivity contribution in [2.75, 3.05) is 30.8 Å². The largest absolute Gasteiger partial charge is 0.383 e. The highest BCUT2D eigenvalue weighted by Crippen LogP contribution is 2.25. The standard InChI is InChI=1S/C20H26N2O4S2/c1-15-5-7-17(8-6-15)22(13-20(23)21-16(2)14-26-3)28(24,25)19-11-9-18(27-4)10-12-19/h5-12,16H,13-14H2,1-4H3,(H,21,23)/t16-/m0/s1. The molecule has 1 amide bonds. The van der Waals surface area contributed by atoms with Crippen molar-refractivity contribution in [2.45, 2.75) is 29.7 Å². The molecular weight excluding hydrogens is 396 g/mol. The Morgan fingerprint density at radius 1 is 1.14 bits per heavy atom. The van der Waals surface area contributed by atoms with Gasteiger partial charge in [-0.3, -0.25) is 9.10 Å². The van der Waals surface area contributed by atoms with Crippen molar-refractivity contribution in [2.24, 2.45) is 0 Å². The van der Waals surface area contributed by atoms with Gasteiger partial charge in [-0.15, -0.1) is 11.8 Å². The number of nitrogens with one attached hydrogen (secondary N) is 1. The average molecular weight is 423 g/mol. The van der Waals surface area contributed by atoms with Gasteiger partial charge in [-0.2, -0.15) is 0 Å². The van der Waals surface area contributed by atoms with Crippen LogP contribution in [-0.2, 0) is 19.6 Å². The molecule has 2 rings (SSSR count). The SMILES string of the molecule is COC[C@H](C)NC(=O)CN(c1ccc(C)cc1)S(=O)(=O)c1ccc(SC)cc1. The van der Waals surface area contributed by atoms with Gasteiger partial charge in [0, 0.05) is 18.0 Å². The second-order valence-electron chi connectivity index (χ2n) is 6.45. The maximum atomic E-state index is 13.3. The first-order chi connectivity index (χ1) is 13.3. The van der Waals surface area contributed by atoms with Crippen LogP contribution in [0.3, 0.4) is 0 Å². The zero-order chi connectivity index (χ0) is 20.7. The first kappa shape index (κ1) is 22.3. The van der Waals surface area contributed by atoms with Crippen molar-refractivity contribution in [1.82, 2.24) is 5.32 Å². The summed E-state index contributed by atoms with van der Waals surface area (Å²) in [7, 11) is -2.36. The number of carbonyl (C=O) groups is 1. The number of nitrogens with zero attached hydrogens (tertiary/aromatic N) is 1. The van der Waals surface area contributed by atoms with Gasteiger partial charge >= 0.3 is 0 Å². The van der Waals surface area contributed by atoms with Gasteiger partial charge in [-0.25, -0.2) is 8.42 Å². The van der Waals surface area contributed by atoms with E-state index in [0.717, 1.165) is 14.8 Å². The molecular formula is C20H26N2O4S2. The molecule has 0 unspecified atom stereocenters. The summed E-state index contributed by atoms with van der Waals surface area (Å²) in [5.74, 6) is -0.394. The number of amides is 1. The predicted octanol–water partition coefficient (Wildman–Crippen LogP) is 3.06. The minimum atomic E-state index is -3.90. The Balaban J connectivity index is 2.36. The summed E-state index contributed by atoms with van der Waals surface area (Å²) in [6, 6.07) is 13.5. The molecule has 0 aliphatic heterocycles. The fourth-order valence-corrected chi connectivity index (χ4v) is 4.47. The van der Waals surface area contributed by atoms with Gasteiger partial charge in [0.05, 0.1) is 17.2 Å². The van der Waals surface area contributed by atoms with E-state index in [1.165, 1.54) is 11.8 Å². The van der Waals surface area contributed by atoms with Crippen LogP contribution in [0.15, 0.2) is 58.3 Å². The summed E-state index contributed by atoms with van der Waals surface area (Å²) in [6.07, 6.45) is 1.92. The molecule has 6 nitrogen and oxygen atoms in total. The third-order valence-electron chi connectivity index (χ3n) is 4.08. The van der Waals surface area contributed by atoms with Crippen LogP contribution >= 0.6 is 11.8 Å². The van der Waals surface area contributed by atoms with Crippen LogP contribution in [0, 0.1) is 6.92 Å². The second-order valence-corrected chi connectivity index (χ2v) is 9.19. The van der Waals surface area contributed by atoms with Crippen LogP contribution in [0.25, 0.3) is 0 Å². The topological polar surface area (TPSA) is 75.7 Å². The summed E-state index contributed by atoms with van der Waals surface area (Å²) in [5, 5.41) is 2.76. The van der Waals surface area contributed by atoms with Crippen LogP contribution < -0.4 is 9.62 Å². The molecule has 0 fully saturated rings. The molecule has 0 heterocycles. The number of hydrogen-bond acceptors (Lipinski definition) is 5. The van der Waals surface area contributed by atoms with Crippen molar-refractivity contribution >= 4 is 33.4 Å². The van der Waals surface area contributed by atoms with Crippen LogP contribution in [0.2, 0.25) is 0 Å². The number of sulfonamides is 1. The van der Waals surface area contributed by atoms with E-state index in [4.69, 9.17) is 4.74 Å². The number of benzene rings is 2. The number of thioether (sulfide) groups is 1. The van der Waals surface area contributed by atoms with Gasteiger partial charge in [0.2, 0.25) is 5.91 Å². The quantitative estimate of drug-likeness (QED) is 0.629. The van der Waals surface area contributed by atoms with Crippen molar-refractivity contribution in [1.29, 1.82) is 0 Å². The Labute approximate surface area is 171 Å². The number of carbonyl (C=O) groups excluding carboxylic acids is 1. The van der Waals surface area contributed by atoms with Crippen LogP contribution in [0.5, 0.6) is 0 Å². The molecule has 0 saturated carbocycles. The Kier molecular flexibility index (Phi) is 7.91. The van der Waals surface area contributed by atoms with Gasteiger partial charge in [-0.1, -0.05) is 17.7 Å². The van der Waals surface area contributed by atoms with E-state index in [1.54, 1.807) is 50.4 Å². The lowest BCUT2D eigenvalue weighted by Crippen LogP contribution is -2.44. The lowest BCUT2D eigenvalue weighted by molar-refractivity contribution is -0.120. The molecule has 2 aromatic rings. The molecule has 0 aliphatic rings. The van der Waals surface area contributed by atoms with Crippen molar-refractivity contribution in [3.63, 3.8) is 0 Å². The lowest BCUT2D eigenvalue weighted by atomic mass is 10.2. The molecule has 0 aromatic heterocycles. The second kappa shape index (κ2) is 9.95. The number of hydrogen-bond donors (Lipinski definition) is 1. The van der Waals surface area contributed by atoms with E-state index in [-0.39, 0.29) is 17.5 Å². The zero-order valence-corrected chi connectivity index (χ0v) is 18.1. The zero-order valence-electron chi connectivity index (χ0n) is 16.5. The maximum Gasteiger partial charge on any atom is 0.264 e. The first-order valence-corrected chi connectivity index (χ1v) is 11.5. The molecule has 28 heavy (non-hydrogen) atoms. The fourth-order valence-electron chi connectivity index (χ4n) is 2.64. The highest BCUT2D eigenvalue weighted by Gasteiger charge is 2.27. The Morgan fingerprint density at radius 2 is 1.75 bits per heavy atom. The van der Waals surface area contributed by atoms with E-state index in [0.29, 0.717) is 12.3 Å². The van der Waals surface area contributed by atoms with Gasteiger partial charge in [0.15, 0.2) is 0 Å². The van der Waals surface area contributed by atoms with Crippen molar-refractivity contribution in [3.8, 4) is 0 Å². The Morgan fingerprint density at radius 3 is 2.29 bits per heavy atom. The highest BCUT2D eigenvalue weighted by molar-refractivity contribution is 7.98. The lowest BCUT2D eigenvalue weighted by Gasteiger charge is -2.25. The normalized spacial score (nSPS) is 12.4. The summed E-state index contributed by atoms with van der Waals surface area (Å²) in [6.45, 7) is 3.75. The Bertz CT molecular complexity index is 881. The van der Waals surface area contributed by atoms with Crippen LogP contribution in [0.4, 0.5) is 5.69 Å². The van der Waals surface area contributed by atoms with Gasteiger partial charge in [-0.05, 0) is 56.5 Å². The first-order valence-electron chi connectivity index (χ1n) is 8.79. The predicted molar refractivity (Wildman–Crippen MR) is 113 cm³/mol. The van der Waals surface area contributed by atoms with Crippen LogP contribution in [-0.4, -0.2) is 46.9 Å². The van der Waals surface area contributed by atoms with E-state index in [2.05, 4.69) is 5.32 Å². The third kappa shape index (κ3) is 5.73. The minimum Gasteiger partial charge on any atom is -0.383 e. The van der Waals surface area contributed by atoms with E-state index >= 15 is 0 Å². The number of ether oxygens (including phenoxy) is 1. The molecule has 0 saturated heterocycles. The van der Waals surface area contributed by atoms with Gasteiger partial charge in [0.25, 0.3) is 10.0 Å². The van der Waals surface area contributed by atoms with Gasteiger partial charge in [0.1, 0.15) is 6.54 Å². The number of methoxy groups -OCH3 is 1. The van der Waals surface area contributed by atoms with Crippen molar-refractivity contribution in [3.05, 3.63) is 54.1 Å². The fraction of sp³-hybridized carbons (Fsp3) is 0.350. The molecule has 0 aliphatic carbocycles. The third-order valence-corrected chi connectivity index (χ3v) is 6.61. The van der Waals surface area contributed by atoms with E-state index in [9.17, 15) is 13.2 Å². The summed E-state index contributed by atoms with van der Waals surface area (Å²) < 4.78 is 32.7. The number of aryl methyl sites for hydroxylation is 1. The smallest absolute Gasteiger partial charge is 0.264 e. The van der Waals surface area contributed by atoms with Gasteiger partial charge < -0.3 is 10.1 Å². The molecule has 0 spiro atoms. The van der Waals surface area contributed by atoms with E-state index in [1.807, 2.05) is 25.3 Å². The number of anilines is 1. The number of rotatable bonds is 9. The van der Waals surface area contributed by atoms with Crippen LogP contribution in [0.1, 0.15) is 12.5 Å². The summed E-state index contributed by atoms with van der Waals surface area (Å²) in [4.78, 5) is 13.6. The molecule has 2 aromatic carbocycles. The molecule has 1 atom stereocenters. The van der Waals surface area contributed by atoms with Crippen molar-refractivity contribution < 1.29 is 17.9 Å². The van der Waals surface area contributed by atoms with E-state index < -0.39 is 15.9 Å². The Hall–Kier alpha value is -2.03.